The highest BCUT2D eigenvalue weighted by atomic mass is 32.1. The van der Waals surface area contributed by atoms with E-state index >= 15 is 0 Å². The van der Waals surface area contributed by atoms with Crippen LogP contribution in [0.1, 0.15) is 142 Å². The standard InChI is InChI=1S/C13H21N5O.C13H21N5S.C12H19N5O.2C12H19N5S.C11H17N5O.2C11H17N5S/c1-9-7-19-8-11(9)5-6-14-12-15-10(2)16-13(17-12)18(3)4;1-9-11(6-8-19-9)5-7-14-12-15-10(2)16-13(17-12)18(3)4;1-8-6-18-7-10(8)4-5-17(3)12-15-9(2)14-11(13)16-12;1-8-10(5-7-18-8)4-6-17(3)12-15-9(2)14-11(13)16-12;1-8-6-18-7-10(8)4-5-17(3)12-15-9(2)14-11(13)16-12;1-7-5-17-6-9(7)3-4-13-11-15-8(2)14-10(12)16-11;1-7-9(4-6-17-7)3-5-13-11-15-8(2)14-10(12)16-11;1-7-5-17-6-9(7)3-4-13-11-15-8(2)14-10(12)16-11/h7-8,10H,5-6H2,1-4H3,(H2,14,15,16,17);6,8,10H,5,7H2,1-4H3,(H2,14,15,16,17);6-7,9H,4-5H2,1-3H3,(H3,13,14,15,16);5,7,9H,4,6H2,1-3H3,(H3,13,14,15,16);6-7,9H,4-5H2,1-3H3,(H3,13,14,15,16);5-6,8H,3-4H2,1-2H3,(H4,12,13,14,15,16);4,6,8H,3,5H2,1-2H3,(H4,12,13,14,15,16);5-6,8H,3-4H2,1-2H3,(H4,12,13,14,15,16). The van der Waals surface area contributed by atoms with Crippen molar-refractivity contribution in [3.63, 3.8) is 0 Å². The van der Waals surface area contributed by atoms with Crippen LogP contribution in [0.25, 0.3) is 0 Å². The average molecular weight is 2060 g/mol. The fourth-order valence-corrected chi connectivity index (χ4v) is 18.2. The molecular formula is C95H150N40O3S5. The third-order valence-electron chi connectivity index (χ3n) is 22.2. The van der Waals surface area contributed by atoms with E-state index in [1.807, 2.05) is 140 Å². The molecule has 8 aliphatic heterocycles. The lowest BCUT2D eigenvalue weighted by Crippen LogP contribution is -2.53. The van der Waals surface area contributed by atoms with Crippen LogP contribution >= 0.6 is 56.7 Å². The molecule has 0 saturated carbocycles. The first-order valence-electron chi connectivity index (χ1n) is 47.5. The maximum absolute atomic E-state index is 5.70. The molecule has 43 nitrogen and oxygen atoms in total. The first-order chi connectivity index (χ1) is 68.2. The smallest absolute Gasteiger partial charge is 0.202 e. The molecule has 25 N–H and O–H groups in total. The van der Waals surface area contributed by atoms with Gasteiger partial charge in [0.05, 0.1) is 37.6 Å². The number of thiophene rings is 5. The van der Waals surface area contributed by atoms with Crippen molar-refractivity contribution in [1.82, 2.24) is 93.6 Å². The van der Waals surface area contributed by atoms with Gasteiger partial charge in [-0.05, 0) is 290 Å². The van der Waals surface area contributed by atoms with Gasteiger partial charge in [0.2, 0.25) is 29.8 Å². The van der Waals surface area contributed by atoms with Gasteiger partial charge in [0.25, 0.3) is 0 Å². The van der Waals surface area contributed by atoms with Crippen LogP contribution < -0.4 is 104 Å². The lowest BCUT2D eigenvalue weighted by Gasteiger charge is -2.26. The topological polar surface area (TPSA) is 566 Å². The zero-order valence-electron chi connectivity index (χ0n) is 86.8. The van der Waals surface area contributed by atoms with Gasteiger partial charge in [-0.1, -0.05) is 0 Å². The third-order valence-corrected chi connectivity index (χ3v) is 26.7. The van der Waals surface area contributed by atoms with Gasteiger partial charge in [0, 0.05) is 116 Å². The zero-order chi connectivity index (χ0) is 104. The van der Waals surface area contributed by atoms with Crippen molar-refractivity contribution in [1.29, 1.82) is 0 Å². The Morgan fingerprint density at radius 2 is 0.531 bits per heavy atom. The van der Waals surface area contributed by atoms with Crippen molar-refractivity contribution >= 4 is 152 Å². The average Bonchev–Trinajstić information content (AvgIpc) is 1.84. The van der Waals surface area contributed by atoms with Crippen molar-refractivity contribution in [3.05, 3.63) is 180 Å². The quantitative estimate of drug-likeness (QED) is 0.0282. The van der Waals surface area contributed by atoms with Crippen LogP contribution in [0.15, 0.2) is 187 Å². The van der Waals surface area contributed by atoms with Gasteiger partial charge in [-0.25, -0.2) is 54.9 Å². The number of likely N-dealkylation sites (N-methyl/N-ethyl adjacent to an activating group) is 3. The number of furan rings is 3. The molecule has 0 aliphatic carbocycles. The zero-order valence-corrected chi connectivity index (χ0v) is 90.9. The second-order valence-corrected chi connectivity index (χ2v) is 39.8. The van der Waals surface area contributed by atoms with E-state index in [9.17, 15) is 0 Å². The van der Waals surface area contributed by atoms with Crippen molar-refractivity contribution in [2.75, 3.05) is 102 Å². The Morgan fingerprint density at radius 1 is 0.280 bits per heavy atom. The van der Waals surface area contributed by atoms with E-state index in [0.29, 0.717) is 66.7 Å². The van der Waals surface area contributed by atoms with Gasteiger partial charge in [-0.2, -0.15) is 22.7 Å². The molecule has 0 spiro atoms. The normalized spacial score (nSPS) is 20.5. The SMILES string of the molecule is Cc1cocc1CCN(C)C1=NC(C)N=C(N)N1.Cc1cocc1CCN=C1NC(N(C)C)=NC(C)N1.Cc1cocc1CCN=C1NC(N)=NC(C)N1.Cc1cscc1CCN(C)C1=NC(C)N=C(N)N1.Cc1cscc1CCN=C1NC(N)=NC(C)N1.Cc1sccc1CCN(C)C1=NC(C)N=C(N)N1.Cc1sccc1CCN=C1NC(N(C)C)=NC(C)N1.Cc1sccc1CCN=C1NC(N)=NC(C)N1. The number of nitrogens with zero attached hydrogens (tertiary/aromatic N) is 21. The molecule has 778 valence electrons. The summed E-state index contributed by atoms with van der Waals surface area (Å²) in [4.78, 5) is 83.3. The highest BCUT2D eigenvalue weighted by Crippen LogP contribution is 2.22. The number of aliphatic imine (C=N–C) groups is 16. The predicted molar refractivity (Wildman–Crippen MR) is 595 cm³/mol. The van der Waals surface area contributed by atoms with Crippen LogP contribution in [0.4, 0.5) is 0 Å². The molecule has 8 unspecified atom stereocenters. The number of guanidine groups is 16. The van der Waals surface area contributed by atoms with Crippen LogP contribution in [0, 0.1) is 55.4 Å². The van der Waals surface area contributed by atoms with Gasteiger partial charge in [-0.3, -0.25) is 67.5 Å². The first-order valence-corrected chi connectivity index (χ1v) is 52.0. The molecule has 16 rings (SSSR count). The molecule has 8 aliphatic rings. The van der Waals surface area contributed by atoms with Crippen molar-refractivity contribution in [2.45, 2.75) is 211 Å². The summed E-state index contributed by atoms with van der Waals surface area (Å²) in [6.07, 6.45) is 17.8. The Labute approximate surface area is 861 Å². The van der Waals surface area contributed by atoms with E-state index < -0.39 is 0 Å². The highest BCUT2D eigenvalue weighted by molar-refractivity contribution is 7.10. The number of hydrogen-bond donors (Lipinski definition) is 19. The number of nitrogens with one attached hydrogen (secondary N) is 13. The predicted octanol–water partition coefficient (Wildman–Crippen LogP) is 7.30. The van der Waals surface area contributed by atoms with Crippen LogP contribution in [0.3, 0.4) is 0 Å². The van der Waals surface area contributed by atoms with Crippen molar-refractivity contribution < 1.29 is 13.3 Å². The summed E-state index contributed by atoms with van der Waals surface area (Å²) >= 11 is 8.84. The van der Waals surface area contributed by atoms with E-state index in [0.717, 1.165) is 138 Å². The number of aryl methyl sites for hydroxylation is 8. The number of rotatable bonds is 24. The summed E-state index contributed by atoms with van der Waals surface area (Å²) < 4.78 is 15.4. The first kappa shape index (κ1) is 113. The van der Waals surface area contributed by atoms with Gasteiger partial charge in [0.15, 0.2) is 65.6 Å². The summed E-state index contributed by atoms with van der Waals surface area (Å²) in [6.45, 7) is 38.7. The van der Waals surface area contributed by atoms with Crippen LogP contribution in [0.2, 0.25) is 0 Å². The van der Waals surface area contributed by atoms with Crippen LogP contribution in [0.5, 0.6) is 0 Å². The Kier molecular flexibility index (Phi) is 45.3. The fourth-order valence-electron chi connectivity index (χ4n) is 14.1. The monoisotopic (exact) mass is 2060 g/mol. The molecule has 0 radical (unpaired) electrons. The van der Waals surface area contributed by atoms with E-state index in [1.54, 1.807) is 94.3 Å². The van der Waals surface area contributed by atoms with Gasteiger partial charge in [0.1, 0.15) is 49.3 Å². The maximum atomic E-state index is 5.70. The van der Waals surface area contributed by atoms with Gasteiger partial charge in [-0.15, -0.1) is 34.0 Å². The molecule has 0 fully saturated rings. The molecule has 0 amide bonds. The Bertz CT molecular complexity index is 5350. The molecular weight excluding hydrogens is 1910 g/mol. The van der Waals surface area contributed by atoms with E-state index in [4.69, 9.17) is 47.7 Å². The van der Waals surface area contributed by atoms with Gasteiger partial charge >= 0.3 is 0 Å². The summed E-state index contributed by atoms with van der Waals surface area (Å²) in [5, 5.41) is 54.9. The lowest BCUT2D eigenvalue weighted by molar-refractivity contribution is 0.483. The van der Waals surface area contributed by atoms with Gasteiger partial charge < -0.3 is 98.7 Å². The Balaban J connectivity index is 0.000000182. The summed E-state index contributed by atoms with van der Waals surface area (Å²) in [6, 6.07) is 6.51. The molecule has 8 aromatic rings. The molecule has 8 atom stereocenters. The fraction of sp³-hybridized carbons (Fsp3) is 0.495. The summed E-state index contributed by atoms with van der Waals surface area (Å²) in [5.41, 5.74) is 50.7. The largest absolute Gasteiger partial charge is 0.472 e. The van der Waals surface area contributed by atoms with E-state index in [2.05, 4.69) is 249 Å². The minimum atomic E-state index is -0.126. The second-order valence-electron chi connectivity index (χ2n) is 35.0. The van der Waals surface area contributed by atoms with E-state index in [1.165, 1.54) is 81.4 Å². The molecule has 143 heavy (non-hydrogen) atoms. The molecule has 0 saturated heterocycles. The molecule has 0 bridgehead atoms. The maximum Gasteiger partial charge on any atom is 0.202 e. The van der Waals surface area contributed by atoms with E-state index in [-0.39, 0.29) is 49.3 Å². The third kappa shape index (κ3) is 39.6. The van der Waals surface area contributed by atoms with Crippen molar-refractivity contribution in [2.24, 2.45) is 114 Å². The Hall–Kier alpha value is -13.7. The molecule has 8 aromatic heterocycles. The Morgan fingerprint density at radius 3 is 0.790 bits per heavy atom. The number of nitrogens with two attached hydrogens (primary N) is 6. The minimum Gasteiger partial charge on any atom is -0.472 e. The van der Waals surface area contributed by atoms with Crippen LogP contribution in [-0.4, -0.2) is 271 Å². The minimum absolute atomic E-state index is 0.0158. The summed E-state index contributed by atoms with van der Waals surface area (Å²) in [5.74, 6) is 10.2. The molecule has 48 heteroatoms. The highest BCUT2D eigenvalue weighted by Gasteiger charge is 2.23. The molecule has 16 heterocycles. The lowest BCUT2D eigenvalue weighted by atomic mass is 10.1. The summed E-state index contributed by atoms with van der Waals surface area (Å²) in [7, 11) is 13.9. The second kappa shape index (κ2) is 57.4. The number of hydrogen-bond acceptors (Lipinski definition) is 38. The molecule has 0 aromatic carbocycles. The van der Waals surface area contributed by atoms with Crippen molar-refractivity contribution in [3.8, 4) is 0 Å². The van der Waals surface area contributed by atoms with Crippen LogP contribution in [-0.2, 0) is 51.4 Å².